The molecule has 8 nitrogen and oxygen atoms in total. The van der Waals surface area contributed by atoms with Crippen molar-refractivity contribution in [1.29, 1.82) is 0 Å². The van der Waals surface area contributed by atoms with Crippen LogP contribution in [0.25, 0.3) is 0 Å². The first-order chi connectivity index (χ1) is 19.3. The van der Waals surface area contributed by atoms with Crippen LogP contribution in [0, 0.1) is 5.92 Å². The summed E-state index contributed by atoms with van der Waals surface area (Å²) in [6, 6.07) is 0. The fourth-order valence-electron chi connectivity index (χ4n) is 4.07. The molecule has 0 saturated carbocycles. The molecule has 4 unspecified atom stereocenters. The second kappa shape index (κ2) is 22.2. The summed E-state index contributed by atoms with van der Waals surface area (Å²) in [6.45, 7) is 26.8. The molecular formula is C33H68O8. The fourth-order valence-corrected chi connectivity index (χ4v) is 4.07. The zero-order valence-corrected chi connectivity index (χ0v) is 29.0. The van der Waals surface area contributed by atoms with E-state index >= 15 is 0 Å². The van der Waals surface area contributed by atoms with Crippen molar-refractivity contribution in [3.05, 3.63) is 0 Å². The number of rotatable bonds is 27. The molecule has 41 heavy (non-hydrogen) atoms. The van der Waals surface area contributed by atoms with Crippen LogP contribution in [0.1, 0.15) is 147 Å². The predicted octanol–water partition coefficient (Wildman–Crippen LogP) is 8.94. The van der Waals surface area contributed by atoms with E-state index in [0.29, 0.717) is 51.6 Å². The molecule has 0 heterocycles. The molecule has 0 fully saturated rings. The zero-order valence-electron chi connectivity index (χ0n) is 29.0. The lowest BCUT2D eigenvalue weighted by Crippen LogP contribution is -2.53. The molecule has 0 radical (unpaired) electrons. The normalized spacial score (nSPS) is 17.1. The smallest absolute Gasteiger partial charge is 0.339 e. The van der Waals surface area contributed by atoms with Gasteiger partial charge < -0.3 is 28.4 Å². The Balaban J connectivity index is 6.18. The largest absolute Gasteiger partial charge is 0.370 e. The lowest BCUT2D eigenvalue weighted by atomic mass is 10.1. The van der Waals surface area contributed by atoms with Crippen LogP contribution < -0.4 is 0 Å². The third-order valence-electron chi connectivity index (χ3n) is 6.13. The summed E-state index contributed by atoms with van der Waals surface area (Å²) in [5.74, 6) is -2.35. The molecule has 0 aliphatic carbocycles. The summed E-state index contributed by atoms with van der Waals surface area (Å²) in [5, 5.41) is 0. The van der Waals surface area contributed by atoms with Crippen LogP contribution in [0.15, 0.2) is 0 Å². The number of unbranched alkanes of at least 4 members (excludes halogenated alkanes) is 3. The first-order valence-electron chi connectivity index (χ1n) is 16.5. The lowest BCUT2D eigenvalue weighted by molar-refractivity contribution is -0.533. The Hall–Kier alpha value is -0.320. The molecule has 0 aromatic rings. The van der Waals surface area contributed by atoms with Gasteiger partial charge in [-0.1, -0.05) is 60.8 Å². The molecule has 0 aromatic carbocycles. The van der Waals surface area contributed by atoms with Gasteiger partial charge in [-0.15, -0.1) is 0 Å². The summed E-state index contributed by atoms with van der Waals surface area (Å²) in [7, 11) is 0. The molecule has 0 saturated heterocycles. The minimum Gasteiger partial charge on any atom is -0.370 e. The van der Waals surface area contributed by atoms with Gasteiger partial charge in [-0.3, -0.25) is 0 Å². The first-order valence-corrected chi connectivity index (χ1v) is 16.5. The van der Waals surface area contributed by atoms with E-state index in [1.165, 1.54) is 0 Å². The van der Waals surface area contributed by atoms with Gasteiger partial charge >= 0.3 is 5.97 Å². The van der Waals surface area contributed by atoms with Gasteiger partial charge in [0.05, 0.1) is 37.6 Å². The second-order valence-corrected chi connectivity index (χ2v) is 12.8. The SMILES string of the molecule is CCCCCOOC(OCCCC)(OC(C)C)C(CCCC(OCC(C)C)(OC(C)CC)OC(C)(C)C)OCCC. The summed E-state index contributed by atoms with van der Waals surface area (Å²) < 4.78 is 38.6. The summed E-state index contributed by atoms with van der Waals surface area (Å²) in [4.78, 5) is 11.8. The fraction of sp³-hybridized carbons (Fsp3) is 1.00. The van der Waals surface area contributed by atoms with Crippen LogP contribution in [0.4, 0.5) is 0 Å². The third kappa shape index (κ3) is 18.8. The van der Waals surface area contributed by atoms with Gasteiger partial charge in [0, 0.05) is 13.0 Å². The second-order valence-electron chi connectivity index (χ2n) is 12.8. The van der Waals surface area contributed by atoms with Crippen molar-refractivity contribution in [2.45, 2.75) is 183 Å². The molecular weight excluding hydrogens is 524 g/mol. The molecule has 0 bridgehead atoms. The molecule has 0 aromatic heterocycles. The lowest BCUT2D eigenvalue weighted by Gasteiger charge is -2.42. The Labute approximate surface area is 253 Å². The average Bonchev–Trinajstić information content (AvgIpc) is 2.88. The van der Waals surface area contributed by atoms with Crippen LogP contribution in [0.5, 0.6) is 0 Å². The van der Waals surface area contributed by atoms with Crippen molar-refractivity contribution >= 4 is 0 Å². The summed E-state index contributed by atoms with van der Waals surface area (Å²) >= 11 is 0. The molecule has 4 atom stereocenters. The minimum atomic E-state index is -1.49. The highest BCUT2D eigenvalue weighted by atomic mass is 17.3. The Morgan fingerprint density at radius 3 is 1.90 bits per heavy atom. The van der Waals surface area contributed by atoms with E-state index in [0.717, 1.165) is 44.9 Å². The van der Waals surface area contributed by atoms with Crippen molar-refractivity contribution in [2.75, 3.05) is 26.4 Å². The van der Waals surface area contributed by atoms with E-state index in [2.05, 4.69) is 48.5 Å². The van der Waals surface area contributed by atoms with Crippen molar-refractivity contribution < 1.29 is 38.2 Å². The van der Waals surface area contributed by atoms with Crippen molar-refractivity contribution in [1.82, 2.24) is 0 Å². The van der Waals surface area contributed by atoms with Crippen molar-refractivity contribution in [3.63, 3.8) is 0 Å². The Kier molecular flexibility index (Phi) is 22.1. The van der Waals surface area contributed by atoms with E-state index in [9.17, 15) is 0 Å². The van der Waals surface area contributed by atoms with E-state index < -0.39 is 23.7 Å². The van der Waals surface area contributed by atoms with Crippen molar-refractivity contribution in [2.24, 2.45) is 5.92 Å². The molecule has 248 valence electrons. The summed E-state index contributed by atoms with van der Waals surface area (Å²) in [6.07, 6.45) is 7.64. The van der Waals surface area contributed by atoms with Crippen LogP contribution in [-0.4, -0.2) is 62.3 Å². The van der Waals surface area contributed by atoms with E-state index in [4.69, 9.17) is 38.2 Å². The summed E-state index contributed by atoms with van der Waals surface area (Å²) in [5.41, 5.74) is -0.466. The maximum Gasteiger partial charge on any atom is 0.339 e. The Bertz CT molecular complexity index is 609. The maximum atomic E-state index is 6.54. The van der Waals surface area contributed by atoms with Gasteiger partial charge in [-0.25, -0.2) is 4.89 Å². The molecule has 0 aliphatic heterocycles. The Morgan fingerprint density at radius 1 is 0.683 bits per heavy atom. The quantitative estimate of drug-likeness (QED) is 0.0405. The third-order valence-corrected chi connectivity index (χ3v) is 6.13. The molecule has 0 N–H and O–H groups in total. The van der Waals surface area contributed by atoms with E-state index in [-0.39, 0.29) is 12.2 Å². The molecule has 0 spiro atoms. The van der Waals surface area contributed by atoms with Gasteiger partial charge in [-0.2, -0.15) is 4.89 Å². The van der Waals surface area contributed by atoms with Gasteiger partial charge in [-0.05, 0) is 86.0 Å². The molecule has 0 rings (SSSR count). The Morgan fingerprint density at radius 2 is 1.37 bits per heavy atom. The van der Waals surface area contributed by atoms with Crippen LogP contribution in [0.3, 0.4) is 0 Å². The zero-order chi connectivity index (χ0) is 31.4. The van der Waals surface area contributed by atoms with Crippen LogP contribution in [-0.2, 0) is 38.2 Å². The van der Waals surface area contributed by atoms with Gasteiger partial charge in [0.15, 0.2) is 0 Å². The number of hydrogen-bond donors (Lipinski definition) is 0. The van der Waals surface area contributed by atoms with Gasteiger partial charge in [0.2, 0.25) is 0 Å². The number of hydrogen-bond acceptors (Lipinski definition) is 8. The van der Waals surface area contributed by atoms with Gasteiger partial charge in [0.1, 0.15) is 6.10 Å². The topological polar surface area (TPSA) is 73.8 Å². The standard InChI is InChI=1S/C33H68O8/c1-13-17-19-25-37-41-33(38-28(7)8,35-24-18-14-2)30(34-23-15-3)21-20-22-32(36-26-27(5)6,39-29(9)16-4)40-31(10,11)12/h27-30H,13-26H2,1-12H3. The van der Waals surface area contributed by atoms with Gasteiger partial charge in [0.25, 0.3) is 5.97 Å². The molecule has 0 amide bonds. The van der Waals surface area contributed by atoms with Crippen molar-refractivity contribution in [3.8, 4) is 0 Å². The monoisotopic (exact) mass is 592 g/mol. The van der Waals surface area contributed by atoms with Crippen LogP contribution >= 0.6 is 0 Å². The number of ether oxygens (including phenoxy) is 6. The molecule has 0 aliphatic rings. The van der Waals surface area contributed by atoms with E-state index in [1.807, 2.05) is 34.6 Å². The highest BCUT2D eigenvalue weighted by molar-refractivity contribution is 4.76. The molecule has 8 heteroatoms. The van der Waals surface area contributed by atoms with Crippen LogP contribution in [0.2, 0.25) is 0 Å². The average molecular weight is 593 g/mol. The first kappa shape index (κ1) is 40.7. The maximum absolute atomic E-state index is 6.54. The van der Waals surface area contributed by atoms with E-state index in [1.54, 1.807) is 0 Å². The predicted molar refractivity (Wildman–Crippen MR) is 165 cm³/mol. The highest BCUT2D eigenvalue weighted by Gasteiger charge is 2.47. The minimum absolute atomic E-state index is 0.0303. The highest BCUT2D eigenvalue weighted by Crippen LogP contribution is 2.34.